The molecule has 0 fully saturated rings. The monoisotopic (exact) mass is 393 g/mol. The maximum atomic E-state index is 5.49. The summed E-state index contributed by atoms with van der Waals surface area (Å²) < 4.78 is 32.7. The Hall–Kier alpha value is -0.280. The van der Waals surface area contributed by atoms with Gasteiger partial charge in [-0.25, -0.2) is 0 Å². The fourth-order valence-electron chi connectivity index (χ4n) is 1.90. The zero-order valence-electron chi connectivity index (χ0n) is 18.1. The van der Waals surface area contributed by atoms with Gasteiger partial charge in [0.25, 0.3) is 0 Å². The van der Waals surface area contributed by atoms with E-state index in [9.17, 15) is 0 Å². The van der Waals surface area contributed by atoms with Crippen molar-refractivity contribution in [1.82, 2.24) is 4.90 Å². The van der Waals surface area contributed by atoms with Gasteiger partial charge >= 0.3 is 0 Å². The van der Waals surface area contributed by atoms with Crippen LogP contribution in [0.3, 0.4) is 0 Å². The highest BCUT2D eigenvalue weighted by atomic mass is 16.6. The molecule has 0 aliphatic rings. The van der Waals surface area contributed by atoms with Gasteiger partial charge in [-0.05, 0) is 25.9 Å². The van der Waals surface area contributed by atoms with Crippen molar-refractivity contribution in [3.63, 3.8) is 0 Å². The molecule has 164 valence electrons. The van der Waals surface area contributed by atoms with Crippen molar-refractivity contribution in [3.8, 4) is 0 Å². The standard InChI is InChI=1S/C20H43NO6/c1-5-21(4)7-9-23-11-13-25-15-17-27-19-18-26-16-14-24-12-10-22-8-6-20(2)3/h20H,5-19H2,1-4H3. The summed E-state index contributed by atoms with van der Waals surface area (Å²) in [5.74, 6) is 0.685. The number of rotatable bonds is 22. The molecule has 0 radical (unpaired) electrons. The second-order valence-electron chi connectivity index (χ2n) is 6.75. The van der Waals surface area contributed by atoms with Gasteiger partial charge in [0.05, 0.1) is 72.7 Å². The number of likely N-dealkylation sites (N-methyl/N-ethyl adjacent to an activating group) is 1. The zero-order chi connectivity index (χ0) is 20.0. The molecule has 0 rings (SSSR count). The summed E-state index contributed by atoms with van der Waals surface area (Å²) in [6.45, 7) is 16.0. The van der Waals surface area contributed by atoms with Crippen molar-refractivity contribution in [2.24, 2.45) is 5.92 Å². The molecule has 0 saturated carbocycles. The summed E-state index contributed by atoms with van der Waals surface area (Å²) in [6.07, 6.45) is 1.10. The quantitative estimate of drug-likeness (QED) is 0.261. The number of hydrogen-bond donors (Lipinski definition) is 0. The number of nitrogens with zero attached hydrogens (tertiary/aromatic N) is 1. The summed E-state index contributed by atoms with van der Waals surface area (Å²) in [5.41, 5.74) is 0. The Morgan fingerprint density at radius 2 is 0.889 bits per heavy atom. The van der Waals surface area contributed by atoms with Crippen LogP contribution in [0.1, 0.15) is 27.2 Å². The first kappa shape index (κ1) is 26.7. The molecule has 0 amide bonds. The Morgan fingerprint density at radius 1 is 0.556 bits per heavy atom. The third-order valence-corrected chi connectivity index (χ3v) is 3.86. The van der Waals surface area contributed by atoms with Crippen molar-refractivity contribution >= 4 is 0 Å². The molecule has 27 heavy (non-hydrogen) atoms. The molecule has 0 saturated heterocycles. The average molecular weight is 394 g/mol. The van der Waals surface area contributed by atoms with Crippen LogP contribution in [0.15, 0.2) is 0 Å². The minimum Gasteiger partial charge on any atom is -0.379 e. The molecular weight excluding hydrogens is 350 g/mol. The summed E-state index contributed by atoms with van der Waals surface area (Å²) in [7, 11) is 2.08. The van der Waals surface area contributed by atoms with E-state index in [2.05, 4.69) is 32.7 Å². The molecule has 0 N–H and O–H groups in total. The van der Waals surface area contributed by atoms with Crippen LogP contribution in [0.4, 0.5) is 0 Å². The van der Waals surface area contributed by atoms with Gasteiger partial charge < -0.3 is 33.3 Å². The van der Waals surface area contributed by atoms with Crippen LogP contribution >= 0.6 is 0 Å². The molecule has 0 atom stereocenters. The SMILES string of the molecule is CCN(C)CCOCCOCCOCCOCCOCCOCCC(C)C. The lowest BCUT2D eigenvalue weighted by atomic mass is 10.1. The van der Waals surface area contributed by atoms with Crippen LogP contribution in [0.25, 0.3) is 0 Å². The molecule has 0 aliphatic carbocycles. The van der Waals surface area contributed by atoms with Gasteiger partial charge in [-0.15, -0.1) is 0 Å². The van der Waals surface area contributed by atoms with Crippen molar-refractivity contribution in [2.45, 2.75) is 27.2 Å². The van der Waals surface area contributed by atoms with Gasteiger partial charge in [0, 0.05) is 13.2 Å². The third kappa shape index (κ3) is 23.7. The van der Waals surface area contributed by atoms with E-state index in [-0.39, 0.29) is 0 Å². The van der Waals surface area contributed by atoms with E-state index in [0.717, 1.165) is 32.7 Å². The van der Waals surface area contributed by atoms with Crippen molar-refractivity contribution < 1.29 is 28.4 Å². The maximum Gasteiger partial charge on any atom is 0.0701 e. The molecule has 0 aliphatic heterocycles. The fourth-order valence-corrected chi connectivity index (χ4v) is 1.90. The van der Waals surface area contributed by atoms with Crippen molar-refractivity contribution in [3.05, 3.63) is 0 Å². The summed E-state index contributed by atoms with van der Waals surface area (Å²) >= 11 is 0. The van der Waals surface area contributed by atoms with Crippen LogP contribution in [-0.2, 0) is 28.4 Å². The Kier molecular flexibility index (Phi) is 21.8. The molecule has 0 aromatic carbocycles. The van der Waals surface area contributed by atoms with Gasteiger partial charge in [-0.2, -0.15) is 0 Å². The number of ether oxygens (including phenoxy) is 6. The largest absolute Gasteiger partial charge is 0.379 e. The molecule has 0 aromatic rings. The van der Waals surface area contributed by atoms with Crippen LogP contribution in [0.5, 0.6) is 0 Å². The molecular formula is C20H43NO6. The lowest BCUT2D eigenvalue weighted by Crippen LogP contribution is -2.23. The maximum absolute atomic E-state index is 5.49. The predicted molar refractivity (Wildman–Crippen MR) is 108 cm³/mol. The molecule has 0 unspecified atom stereocenters. The normalized spacial score (nSPS) is 11.8. The van der Waals surface area contributed by atoms with Crippen LogP contribution in [0, 0.1) is 5.92 Å². The van der Waals surface area contributed by atoms with Gasteiger partial charge in [0.15, 0.2) is 0 Å². The van der Waals surface area contributed by atoms with Crippen LogP contribution in [0.2, 0.25) is 0 Å². The lowest BCUT2D eigenvalue weighted by Gasteiger charge is -2.13. The van der Waals surface area contributed by atoms with E-state index in [1.165, 1.54) is 0 Å². The van der Waals surface area contributed by atoms with Gasteiger partial charge in [0.1, 0.15) is 0 Å². The molecule has 0 spiro atoms. The number of hydrogen-bond acceptors (Lipinski definition) is 7. The topological polar surface area (TPSA) is 58.6 Å². The Bertz CT molecular complexity index is 281. The van der Waals surface area contributed by atoms with Gasteiger partial charge in [-0.3, -0.25) is 0 Å². The second kappa shape index (κ2) is 22.0. The second-order valence-corrected chi connectivity index (χ2v) is 6.75. The average Bonchev–Trinajstić information content (AvgIpc) is 2.65. The molecule has 0 bridgehead atoms. The minimum atomic E-state index is 0.571. The van der Waals surface area contributed by atoms with E-state index < -0.39 is 0 Å². The zero-order valence-corrected chi connectivity index (χ0v) is 18.1. The molecule has 7 nitrogen and oxygen atoms in total. The fraction of sp³-hybridized carbons (Fsp3) is 1.00. The first-order valence-electron chi connectivity index (χ1n) is 10.3. The van der Waals surface area contributed by atoms with E-state index in [0.29, 0.717) is 72.0 Å². The third-order valence-electron chi connectivity index (χ3n) is 3.86. The lowest BCUT2D eigenvalue weighted by molar-refractivity contribution is -0.0176. The van der Waals surface area contributed by atoms with Crippen molar-refractivity contribution in [2.75, 3.05) is 99.4 Å². The van der Waals surface area contributed by atoms with Crippen molar-refractivity contribution in [1.29, 1.82) is 0 Å². The smallest absolute Gasteiger partial charge is 0.0701 e. The highest BCUT2D eigenvalue weighted by Crippen LogP contribution is 1.98. The first-order valence-corrected chi connectivity index (χ1v) is 10.3. The summed E-state index contributed by atoms with van der Waals surface area (Å²) in [5, 5.41) is 0. The van der Waals surface area contributed by atoms with Crippen LogP contribution < -0.4 is 0 Å². The summed E-state index contributed by atoms with van der Waals surface area (Å²) in [4.78, 5) is 2.21. The Balaban J connectivity index is 3.01. The van der Waals surface area contributed by atoms with Gasteiger partial charge in [0.2, 0.25) is 0 Å². The Labute approximate surface area is 166 Å². The van der Waals surface area contributed by atoms with Crippen LogP contribution in [-0.4, -0.2) is 104 Å². The minimum absolute atomic E-state index is 0.571. The highest BCUT2D eigenvalue weighted by molar-refractivity contribution is 4.45. The molecule has 7 heteroatoms. The first-order chi connectivity index (χ1) is 13.2. The van der Waals surface area contributed by atoms with E-state index in [1.807, 2.05) is 0 Å². The summed E-state index contributed by atoms with van der Waals surface area (Å²) in [6, 6.07) is 0. The van der Waals surface area contributed by atoms with E-state index in [1.54, 1.807) is 0 Å². The predicted octanol–water partition coefficient (Wildman–Crippen LogP) is 2.08. The van der Waals surface area contributed by atoms with Gasteiger partial charge in [-0.1, -0.05) is 20.8 Å². The molecule has 0 aromatic heterocycles. The van der Waals surface area contributed by atoms with E-state index in [4.69, 9.17) is 28.4 Å². The Morgan fingerprint density at radius 3 is 1.22 bits per heavy atom. The highest BCUT2D eigenvalue weighted by Gasteiger charge is 1.96. The van der Waals surface area contributed by atoms with E-state index >= 15 is 0 Å². The molecule has 0 heterocycles.